The minimum Gasteiger partial charge on any atom is -0.389 e. The van der Waals surface area contributed by atoms with Gasteiger partial charge < -0.3 is 15.3 Å². The molecular formula is C18H29N3O2. The molecule has 5 heteroatoms. The summed E-state index contributed by atoms with van der Waals surface area (Å²) in [6.45, 7) is 4.22. The maximum Gasteiger partial charge on any atom is 0.234 e. The highest BCUT2D eigenvalue weighted by molar-refractivity contribution is 5.78. The number of carbonyl (C=O) groups excluding carboxylic acids is 1. The van der Waals surface area contributed by atoms with E-state index < -0.39 is 5.60 Å². The van der Waals surface area contributed by atoms with Crippen LogP contribution in [0, 0.1) is 0 Å². The highest BCUT2D eigenvalue weighted by atomic mass is 16.3. The molecule has 1 saturated heterocycles. The first-order valence-electron chi connectivity index (χ1n) is 8.30. The predicted octanol–water partition coefficient (Wildman–Crippen LogP) is 1.25. The number of benzene rings is 1. The molecule has 128 valence electrons. The van der Waals surface area contributed by atoms with Gasteiger partial charge in [-0.05, 0) is 46.0 Å². The summed E-state index contributed by atoms with van der Waals surface area (Å²) in [6.07, 6.45) is 1.74. The second-order valence-electron chi connectivity index (χ2n) is 7.01. The molecule has 0 unspecified atom stereocenters. The first kappa shape index (κ1) is 17.9. The van der Waals surface area contributed by atoms with Gasteiger partial charge in [-0.25, -0.2) is 0 Å². The fourth-order valence-electron chi connectivity index (χ4n) is 3.20. The molecule has 0 aliphatic carbocycles. The van der Waals surface area contributed by atoms with Gasteiger partial charge in [-0.3, -0.25) is 9.69 Å². The van der Waals surface area contributed by atoms with Crippen molar-refractivity contribution in [2.24, 2.45) is 0 Å². The normalized spacial score (nSPS) is 23.7. The Hall–Kier alpha value is -1.43. The lowest BCUT2D eigenvalue weighted by atomic mass is 9.95. The first-order chi connectivity index (χ1) is 10.9. The molecule has 1 heterocycles. The van der Waals surface area contributed by atoms with Crippen molar-refractivity contribution in [3.8, 4) is 0 Å². The van der Waals surface area contributed by atoms with E-state index in [1.54, 1.807) is 0 Å². The Morgan fingerprint density at radius 2 is 2.09 bits per heavy atom. The van der Waals surface area contributed by atoms with Crippen LogP contribution in [0.2, 0.25) is 0 Å². The van der Waals surface area contributed by atoms with Crippen LogP contribution in [0.25, 0.3) is 0 Å². The number of β-amino-alcohol motifs (C(OH)–C–C–N with tert-alkyl or cyclic N) is 1. The number of amides is 1. The summed E-state index contributed by atoms with van der Waals surface area (Å²) in [5, 5.41) is 13.2. The molecular weight excluding hydrogens is 290 g/mol. The topological polar surface area (TPSA) is 55.8 Å². The van der Waals surface area contributed by atoms with Crippen molar-refractivity contribution in [1.82, 2.24) is 15.1 Å². The molecule has 2 rings (SSSR count). The van der Waals surface area contributed by atoms with Crippen molar-refractivity contribution in [1.29, 1.82) is 0 Å². The lowest BCUT2D eigenvalue weighted by Gasteiger charge is -2.36. The van der Waals surface area contributed by atoms with E-state index in [4.69, 9.17) is 0 Å². The Kier molecular flexibility index (Phi) is 6.16. The molecule has 2 atom stereocenters. The zero-order chi connectivity index (χ0) is 16.9. The number of hydrogen-bond acceptors (Lipinski definition) is 4. The van der Waals surface area contributed by atoms with Crippen LogP contribution in [0.5, 0.6) is 0 Å². The lowest BCUT2D eigenvalue weighted by molar-refractivity contribution is -0.124. The summed E-state index contributed by atoms with van der Waals surface area (Å²) >= 11 is 0. The molecule has 0 bridgehead atoms. The van der Waals surface area contributed by atoms with E-state index in [1.165, 1.54) is 5.56 Å². The maximum atomic E-state index is 12.2. The van der Waals surface area contributed by atoms with Gasteiger partial charge in [0.05, 0.1) is 18.2 Å². The van der Waals surface area contributed by atoms with Gasteiger partial charge in [0.2, 0.25) is 5.91 Å². The Morgan fingerprint density at radius 3 is 2.70 bits per heavy atom. The summed E-state index contributed by atoms with van der Waals surface area (Å²) in [5.41, 5.74) is 0.521. The molecule has 0 saturated carbocycles. The van der Waals surface area contributed by atoms with Crippen molar-refractivity contribution in [3.05, 3.63) is 35.9 Å². The van der Waals surface area contributed by atoms with Crippen LogP contribution in [0.15, 0.2) is 30.3 Å². The molecule has 23 heavy (non-hydrogen) atoms. The Labute approximate surface area is 139 Å². The number of nitrogens with one attached hydrogen (secondary N) is 1. The monoisotopic (exact) mass is 319 g/mol. The Bertz CT molecular complexity index is 502. The molecule has 1 amide bonds. The number of piperidine rings is 1. The predicted molar refractivity (Wildman–Crippen MR) is 92.2 cm³/mol. The lowest BCUT2D eigenvalue weighted by Crippen LogP contribution is -2.49. The highest BCUT2D eigenvalue weighted by Gasteiger charge is 2.29. The number of hydrogen-bond donors (Lipinski definition) is 2. The minimum absolute atomic E-state index is 0.0190. The standard InChI is InChI=1S/C18H29N3O2/c1-18(23)10-7-11-21(14-18)13-17(22)19-12-16(20(2)3)15-8-5-4-6-9-15/h4-6,8-9,16,23H,7,10-14H2,1-3H3,(H,19,22)/t16-,18-/m0/s1. The number of rotatable bonds is 6. The number of carbonyl (C=O) groups is 1. The zero-order valence-electron chi connectivity index (χ0n) is 14.5. The molecule has 0 aromatic heterocycles. The number of nitrogens with zero attached hydrogens (tertiary/aromatic N) is 2. The van der Waals surface area contributed by atoms with Crippen LogP contribution in [0.4, 0.5) is 0 Å². The third-order valence-corrected chi connectivity index (χ3v) is 4.42. The number of likely N-dealkylation sites (N-methyl/N-ethyl adjacent to an activating group) is 1. The highest BCUT2D eigenvalue weighted by Crippen LogP contribution is 2.20. The third kappa shape index (κ3) is 5.61. The molecule has 1 aliphatic rings. The van der Waals surface area contributed by atoms with Crippen molar-refractivity contribution in [3.63, 3.8) is 0 Å². The largest absolute Gasteiger partial charge is 0.389 e. The molecule has 1 aromatic carbocycles. The summed E-state index contributed by atoms with van der Waals surface area (Å²) < 4.78 is 0. The second-order valence-corrected chi connectivity index (χ2v) is 7.01. The molecule has 1 aromatic rings. The van der Waals surface area contributed by atoms with Crippen molar-refractivity contribution in [2.45, 2.75) is 31.4 Å². The van der Waals surface area contributed by atoms with Crippen LogP contribution >= 0.6 is 0 Å². The fraction of sp³-hybridized carbons (Fsp3) is 0.611. The summed E-state index contributed by atoms with van der Waals surface area (Å²) in [7, 11) is 4.04. The van der Waals surface area contributed by atoms with Gasteiger partial charge in [-0.1, -0.05) is 30.3 Å². The smallest absolute Gasteiger partial charge is 0.234 e. The molecule has 1 fully saturated rings. The third-order valence-electron chi connectivity index (χ3n) is 4.42. The minimum atomic E-state index is -0.672. The average Bonchev–Trinajstić information content (AvgIpc) is 2.47. The number of aliphatic hydroxyl groups is 1. The van der Waals surface area contributed by atoms with Gasteiger partial charge in [0.25, 0.3) is 0 Å². The Morgan fingerprint density at radius 1 is 1.39 bits per heavy atom. The fourth-order valence-corrected chi connectivity index (χ4v) is 3.20. The van der Waals surface area contributed by atoms with Crippen molar-refractivity contribution in [2.75, 3.05) is 40.3 Å². The van der Waals surface area contributed by atoms with Crippen LogP contribution in [-0.4, -0.2) is 66.7 Å². The van der Waals surface area contributed by atoms with E-state index in [1.807, 2.05) is 44.1 Å². The van der Waals surface area contributed by atoms with E-state index in [0.29, 0.717) is 19.6 Å². The van der Waals surface area contributed by atoms with Gasteiger partial charge in [0.1, 0.15) is 0 Å². The SMILES string of the molecule is CN(C)[C@@H](CNC(=O)CN1CCC[C@](C)(O)C1)c1ccccc1. The summed E-state index contributed by atoms with van der Waals surface area (Å²) in [6, 6.07) is 10.4. The van der Waals surface area contributed by atoms with E-state index in [2.05, 4.69) is 22.3 Å². The molecule has 0 spiro atoms. The summed E-state index contributed by atoms with van der Waals surface area (Å²) in [5.74, 6) is 0.0190. The molecule has 5 nitrogen and oxygen atoms in total. The van der Waals surface area contributed by atoms with Crippen LogP contribution in [0.1, 0.15) is 31.4 Å². The van der Waals surface area contributed by atoms with Crippen LogP contribution < -0.4 is 5.32 Å². The van der Waals surface area contributed by atoms with Crippen LogP contribution in [0.3, 0.4) is 0 Å². The van der Waals surface area contributed by atoms with Gasteiger partial charge >= 0.3 is 0 Å². The first-order valence-corrected chi connectivity index (χ1v) is 8.30. The van der Waals surface area contributed by atoms with Crippen molar-refractivity contribution < 1.29 is 9.90 Å². The van der Waals surface area contributed by atoms with Crippen molar-refractivity contribution >= 4 is 5.91 Å². The van der Waals surface area contributed by atoms with Gasteiger partial charge in [-0.2, -0.15) is 0 Å². The quantitative estimate of drug-likeness (QED) is 0.829. The van der Waals surface area contributed by atoms with E-state index >= 15 is 0 Å². The van der Waals surface area contributed by atoms with E-state index in [-0.39, 0.29) is 11.9 Å². The molecule has 2 N–H and O–H groups in total. The van der Waals surface area contributed by atoms with Gasteiger partial charge in [0.15, 0.2) is 0 Å². The molecule has 0 radical (unpaired) electrons. The zero-order valence-corrected chi connectivity index (χ0v) is 14.5. The van der Waals surface area contributed by atoms with Crippen LogP contribution in [-0.2, 0) is 4.79 Å². The Balaban J connectivity index is 1.85. The van der Waals surface area contributed by atoms with Gasteiger partial charge in [0, 0.05) is 13.1 Å². The molecule has 1 aliphatic heterocycles. The maximum absolute atomic E-state index is 12.2. The van der Waals surface area contributed by atoms with E-state index in [9.17, 15) is 9.90 Å². The number of likely N-dealkylation sites (tertiary alicyclic amines) is 1. The van der Waals surface area contributed by atoms with E-state index in [0.717, 1.165) is 19.4 Å². The summed E-state index contributed by atoms with van der Waals surface area (Å²) in [4.78, 5) is 16.4. The average molecular weight is 319 g/mol. The van der Waals surface area contributed by atoms with Gasteiger partial charge in [-0.15, -0.1) is 0 Å². The second kappa shape index (κ2) is 7.90.